The van der Waals surface area contributed by atoms with E-state index >= 15 is 0 Å². The average Bonchev–Trinajstić information content (AvgIpc) is 3.32. The highest BCUT2D eigenvalue weighted by Gasteiger charge is 2.27. The molecule has 0 aliphatic carbocycles. The van der Waals surface area contributed by atoms with Gasteiger partial charge in [-0.25, -0.2) is 9.97 Å². The third kappa shape index (κ3) is 6.21. The van der Waals surface area contributed by atoms with E-state index < -0.39 is 6.61 Å². The lowest BCUT2D eigenvalue weighted by Crippen LogP contribution is -2.32. The summed E-state index contributed by atoms with van der Waals surface area (Å²) < 4.78 is 6.02. The molecule has 0 spiro atoms. The molecule has 1 fully saturated rings. The molecule has 2 aromatic carbocycles. The summed E-state index contributed by atoms with van der Waals surface area (Å²) in [4.78, 5) is 24.6. The van der Waals surface area contributed by atoms with Crippen LogP contribution in [0.25, 0.3) is 11.3 Å². The van der Waals surface area contributed by atoms with Gasteiger partial charge >= 0.3 is 0 Å². The van der Waals surface area contributed by atoms with E-state index in [-0.39, 0.29) is 12.0 Å². The number of aliphatic hydroxyl groups is 1. The van der Waals surface area contributed by atoms with E-state index in [4.69, 9.17) is 14.8 Å². The summed E-state index contributed by atoms with van der Waals surface area (Å²) in [6.07, 6.45) is 2.80. The molecule has 1 aliphatic rings. The van der Waals surface area contributed by atoms with Gasteiger partial charge in [0.15, 0.2) is 0 Å². The molecule has 0 unspecified atom stereocenters. The fourth-order valence-corrected chi connectivity index (χ4v) is 4.24. The lowest BCUT2D eigenvalue weighted by atomic mass is 10.1. The molecule has 2 heterocycles. The smallest absolute Gasteiger partial charge is 0.248 e. The van der Waals surface area contributed by atoms with Crippen LogP contribution in [-0.2, 0) is 17.8 Å². The highest BCUT2D eigenvalue weighted by atomic mass is 16.5. The Bertz CT molecular complexity index is 1240. The average molecular weight is 472 g/mol. The summed E-state index contributed by atoms with van der Waals surface area (Å²) in [6.45, 7) is 1.30. The van der Waals surface area contributed by atoms with Crippen LogP contribution >= 0.6 is 0 Å². The van der Waals surface area contributed by atoms with Gasteiger partial charge in [0.1, 0.15) is 30.4 Å². The molecular weight excluding hydrogens is 442 g/mol. The molecule has 8 nitrogen and oxygen atoms in total. The topological polar surface area (TPSA) is 103 Å². The van der Waals surface area contributed by atoms with Crippen LogP contribution in [0.15, 0.2) is 54.7 Å². The van der Waals surface area contributed by atoms with Crippen molar-refractivity contribution in [2.24, 2.45) is 0 Å². The minimum absolute atomic E-state index is 0.211. The van der Waals surface area contributed by atoms with Gasteiger partial charge in [0.25, 0.3) is 0 Å². The SMILES string of the molecule is CN(C)Cc1cccc(Cc2nccc(-c3ccc(O[C@@H]4CCN(C(=O)CO)C4)c(C#N)c3)n2)c1. The molecule has 0 saturated carbocycles. The first kappa shape index (κ1) is 24.3. The van der Waals surface area contributed by atoms with Crippen molar-refractivity contribution in [1.29, 1.82) is 5.26 Å². The summed E-state index contributed by atoms with van der Waals surface area (Å²) in [5, 5.41) is 18.8. The number of carbonyl (C=O) groups is 1. The van der Waals surface area contributed by atoms with E-state index in [0.717, 1.165) is 23.4 Å². The Kier molecular flexibility index (Phi) is 7.70. The van der Waals surface area contributed by atoms with Crippen molar-refractivity contribution in [2.75, 3.05) is 33.8 Å². The monoisotopic (exact) mass is 471 g/mol. The number of likely N-dealkylation sites (tertiary alicyclic amines) is 1. The van der Waals surface area contributed by atoms with Crippen molar-refractivity contribution in [3.05, 3.63) is 77.2 Å². The van der Waals surface area contributed by atoms with Crippen molar-refractivity contribution >= 4 is 5.91 Å². The highest BCUT2D eigenvalue weighted by molar-refractivity contribution is 5.77. The molecule has 0 bridgehead atoms. The molecule has 1 aliphatic heterocycles. The normalized spacial score (nSPS) is 15.3. The summed E-state index contributed by atoms with van der Waals surface area (Å²) >= 11 is 0. The number of hydrogen-bond donors (Lipinski definition) is 1. The number of nitriles is 1. The molecule has 1 amide bonds. The van der Waals surface area contributed by atoms with Crippen LogP contribution in [0.3, 0.4) is 0 Å². The molecule has 1 saturated heterocycles. The summed E-state index contributed by atoms with van der Waals surface area (Å²) in [5.41, 5.74) is 4.34. The number of benzene rings is 2. The number of ether oxygens (including phenoxy) is 1. The quantitative estimate of drug-likeness (QED) is 0.539. The van der Waals surface area contributed by atoms with E-state index in [2.05, 4.69) is 40.2 Å². The van der Waals surface area contributed by atoms with E-state index in [1.165, 1.54) is 5.56 Å². The second-order valence-corrected chi connectivity index (χ2v) is 8.94. The van der Waals surface area contributed by atoms with Gasteiger partial charge in [-0.15, -0.1) is 0 Å². The predicted molar refractivity (Wildman–Crippen MR) is 132 cm³/mol. The number of nitrogens with zero attached hydrogens (tertiary/aromatic N) is 5. The first-order valence-corrected chi connectivity index (χ1v) is 11.6. The van der Waals surface area contributed by atoms with Crippen LogP contribution < -0.4 is 4.74 Å². The number of aliphatic hydroxyl groups excluding tert-OH is 1. The number of amides is 1. The van der Waals surface area contributed by atoms with E-state index in [1.54, 1.807) is 23.2 Å². The lowest BCUT2D eigenvalue weighted by molar-refractivity contribution is -0.133. The Hall–Kier alpha value is -3.80. The highest BCUT2D eigenvalue weighted by Crippen LogP contribution is 2.28. The Labute approximate surface area is 205 Å². The number of rotatable bonds is 8. The maximum atomic E-state index is 11.7. The van der Waals surface area contributed by atoms with Crippen LogP contribution in [0.4, 0.5) is 0 Å². The third-order valence-electron chi connectivity index (χ3n) is 5.88. The minimum atomic E-state index is -0.507. The Morgan fingerprint density at radius 3 is 2.83 bits per heavy atom. The largest absolute Gasteiger partial charge is 0.487 e. The van der Waals surface area contributed by atoms with Gasteiger partial charge in [-0.05, 0) is 49.5 Å². The second-order valence-electron chi connectivity index (χ2n) is 8.94. The zero-order valence-corrected chi connectivity index (χ0v) is 20.0. The summed E-state index contributed by atoms with van der Waals surface area (Å²) in [7, 11) is 4.09. The molecule has 180 valence electrons. The molecule has 1 aromatic heterocycles. The van der Waals surface area contributed by atoms with Crippen LogP contribution in [0.2, 0.25) is 0 Å². The zero-order valence-electron chi connectivity index (χ0n) is 20.0. The van der Waals surface area contributed by atoms with Crippen molar-refractivity contribution in [3.63, 3.8) is 0 Å². The first-order valence-electron chi connectivity index (χ1n) is 11.6. The molecule has 1 N–H and O–H groups in total. The molecule has 1 atom stereocenters. The first-order chi connectivity index (χ1) is 16.9. The molecule has 35 heavy (non-hydrogen) atoms. The van der Waals surface area contributed by atoms with Crippen molar-refractivity contribution in [1.82, 2.24) is 19.8 Å². The van der Waals surface area contributed by atoms with Gasteiger partial charge in [-0.2, -0.15) is 5.26 Å². The van der Waals surface area contributed by atoms with Crippen LogP contribution in [-0.4, -0.2) is 70.7 Å². The fourth-order valence-electron chi connectivity index (χ4n) is 4.24. The van der Waals surface area contributed by atoms with E-state index in [1.807, 2.05) is 26.2 Å². The fraction of sp³-hybridized carbons (Fsp3) is 0.333. The molecular formula is C27H29N5O3. The van der Waals surface area contributed by atoms with E-state index in [9.17, 15) is 10.1 Å². The van der Waals surface area contributed by atoms with Gasteiger partial charge in [0.05, 0.1) is 17.8 Å². The lowest BCUT2D eigenvalue weighted by Gasteiger charge is -2.17. The second kappa shape index (κ2) is 11.1. The van der Waals surface area contributed by atoms with Crippen molar-refractivity contribution < 1.29 is 14.6 Å². The van der Waals surface area contributed by atoms with Crippen LogP contribution in [0, 0.1) is 11.3 Å². The Morgan fingerprint density at radius 1 is 1.23 bits per heavy atom. The Balaban J connectivity index is 1.48. The molecule has 4 rings (SSSR count). The summed E-state index contributed by atoms with van der Waals surface area (Å²) in [5.74, 6) is 0.880. The molecule has 8 heteroatoms. The van der Waals surface area contributed by atoms with Gasteiger partial charge in [-0.3, -0.25) is 4.79 Å². The molecule has 3 aromatic rings. The standard InChI is InChI=1S/C27H29N5O3/c1-31(2)16-20-5-3-4-19(12-20)13-26-29-10-8-24(30-26)21-6-7-25(22(14-21)15-28)35-23-9-11-32(17-23)27(34)18-33/h3-8,10,12,14,23,33H,9,11,13,16-18H2,1-2H3/t23-/m1/s1. The maximum Gasteiger partial charge on any atom is 0.248 e. The molecule has 0 radical (unpaired) electrons. The summed E-state index contributed by atoms with van der Waals surface area (Å²) in [6, 6.07) is 17.9. The maximum absolute atomic E-state index is 11.7. The number of aromatic nitrogens is 2. The van der Waals surface area contributed by atoms with Crippen molar-refractivity contribution in [3.8, 4) is 23.1 Å². The number of carbonyl (C=O) groups excluding carboxylic acids is 1. The third-order valence-corrected chi connectivity index (χ3v) is 5.88. The zero-order chi connectivity index (χ0) is 24.8. The van der Waals surface area contributed by atoms with E-state index in [0.29, 0.717) is 43.1 Å². The van der Waals surface area contributed by atoms with Gasteiger partial charge in [0, 0.05) is 37.7 Å². The van der Waals surface area contributed by atoms with Crippen molar-refractivity contribution in [2.45, 2.75) is 25.5 Å². The van der Waals surface area contributed by atoms with Gasteiger partial charge in [0.2, 0.25) is 5.91 Å². The van der Waals surface area contributed by atoms with Gasteiger partial charge in [-0.1, -0.05) is 24.3 Å². The number of hydrogen-bond acceptors (Lipinski definition) is 7. The Morgan fingerprint density at radius 2 is 2.06 bits per heavy atom. The minimum Gasteiger partial charge on any atom is -0.487 e. The van der Waals surface area contributed by atoms with Crippen LogP contribution in [0.5, 0.6) is 5.75 Å². The van der Waals surface area contributed by atoms with Crippen LogP contribution in [0.1, 0.15) is 28.9 Å². The van der Waals surface area contributed by atoms with Gasteiger partial charge < -0.3 is 19.6 Å². The predicted octanol–water partition coefficient (Wildman–Crippen LogP) is 2.64.